The number of rotatable bonds is 6. The maximum atomic E-state index is 6.35. The van der Waals surface area contributed by atoms with Crippen LogP contribution in [0.15, 0.2) is 18.2 Å². The molecule has 0 spiro atoms. The van der Waals surface area contributed by atoms with E-state index in [4.69, 9.17) is 16.3 Å². The minimum atomic E-state index is 0.356. The van der Waals surface area contributed by atoms with Crippen LogP contribution in [0.3, 0.4) is 0 Å². The van der Waals surface area contributed by atoms with Crippen LogP contribution in [0.4, 0.5) is 5.69 Å². The summed E-state index contributed by atoms with van der Waals surface area (Å²) in [4.78, 5) is 2.24. The zero-order valence-electron chi connectivity index (χ0n) is 12.5. The Morgan fingerprint density at radius 1 is 1.40 bits per heavy atom. The lowest BCUT2D eigenvalue weighted by Gasteiger charge is -2.29. The van der Waals surface area contributed by atoms with Gasteiger partial charge in [-0.1, -0.05) is 24.6 Å². The summed E-state index contributed by atoms with van der Waals surface area (Å²) in [5.74, 6) is 0. The Bertz CT molecular complexity index is 419. The molecule has 3 nitrogen and oxygen atoms in total. The summed E-state index contributed by atoms with van der Waals surface area (Å²) in [6.07, 6.45) is 4.00. The topological polar surface area (TPSA) is 24.5 Å². The Morgan fingerprint density at radius 3 is 2.90 bits per heavy atom. The number of halogens is 1. The van der Waals surface area contributed by atoms with Crippen molar-refractivity contribution in [1.82, 2.24) is 5.32 Å². The lowest BCUT2D eigenvalue weighted by molar-refractivity contribution is 0.0216. The van der Waals surface area contributed by atoms with Gasteiger partial charge in [-0.15, -0.1) is 0 Å². The summed E-state index contributed by atoms with van der Waals surface area (Å²) < 4.78 is 5.79. The third-order valence-corrected chi connectivity index (χ3v) is 4.15. The predicted molar refractivity (Wildman–Crippen MR) is 85.7 cm³/mol. The van der Waals surface area contributed by atoms with E-state index in [2.05, 4.69) is 42.4 Å². The molecule has 0 radical (unpaired) electrons. The molecule has 1 N–H and O–H groups in total. The number of hydrogen-bond acceptors (Lipinski definition) is 3. The molecule has 0 amide bonds. The molecule has 0 bridgehead atoms. The van der Waals surface area contributed by atoms with Crippen LogP contribution in [-0.4, -0.2) is 32.8 Å². The van der Waals surface area contributed by atoms with Crippen molar-refractivity contribution in [2.75, 3.05) is 31.6 Å². The second-order valence-electron chi connectivity index (χ2n) is 5.43. The molecule has 20 heavy (non-hydrogen) atoms. The van der Waals surface area contributed by atoms with Gasteiger partial charge < -0.3 is 15.0 Å². The predicted octanol–water partition coefficient (Wildman–Crippen LogP) is 3.45. The summed E-state index contributed by atoms with van der Waals surface area (Å²) in [7, 11) is 2.10. The molecule has 1 aliphatic heterocycles. The fourth-order valence-electron chi connectivity index (χ4n) is 2.54. The largest absolute Gasteiger partial charge is 0.376 e. The van der Waals surface area contributed by atoms with Crippen molar-refractivity contribution in [3.8, 4) is 0 Å². The van der Waals surface area contributed by atoms with Gasteiger partial charge in [0.25, 0.3) is 0 Å². The zero-order chi connectivity index (χ0) is 14.4. The summed E-state index contributed by atoms with van der Waals surface area (Å²) >= 11 is 6.35. The van der Waals surface area contributed by atoms with E-state index in [0.29, 0.717) is 6.10 Å². The number of nitrogens with one attached hydrogen (secondary N) is 1. The highest BCUT2D eigenvalue weighted by molar-refractivity contribution is 6.31. The molecule has 4 heteroatoms. The van der Waals surface area contributed by atoms with Gasteiger partial charge >= 0.3 is 0 Å². The van der Waals surface area contributed by atoms with Gasteiger partial charge in [0.1, 0.15) is 0 Å². The Hall–Kier alpha value is -0.770. The maximum Gasteiger partial charge on any atom is 0.0749 e. The Labute approximate surface area is 127 Å². The second kappa shape index (κ2) is 7.87. The molecule has 112 valence electrons. The van der Waals surface area contributed by atoms with E-state index < -0.39 is 0 Å². The smallest absolute Gasteiger partial charge is 0.0749 e. The van der Waals surface area contributed by atoms with Crippen LogP contribution >= 0.6 is 11.6 Å². The Balaban J connectivity index is 1.95. The molecule has 1 atom stereocenters. The highest BCUT2D eigenvalue weighted by Crippen LogP contribution is 2.24. The van der Waals surface area contributed by atoms with Gasteiger partial charge in [0.05, 0.1) is 6.10 Å². The monoisotopic (exact) mass is 296 g/mol. The molecule has 0 aromatic heterocycles. The molecule has 1 aliphatic rings. The highest BCUT2D eigenvalue weighted by Gasteiger charge is 2.16. The minimum absolute atomic E-state index is 0.356. The van der Waals surface area contributed by atoms with Gasteiger partial charge in [0.15, 0.2) is 0 Å². The highest BCUT2D eigenvalue weighted by atomic mass is 35.5. The van der Waals surface area contributed by atoms with E-state index in [1.807, 2.05) is 0 Å². The number of nitrogens with zero attached hydrogens (tertiary/aromatic N) is 1. The standard InChI is InChI=1S/C16H25ClN2O/c1-3-18-11-13-7-8-14(10-16(13)17)19(2)12-15-6-4-5-9-20-15/h7-8,10,15,18H,3-6,9,11-12H2,1-2H3. The Kier molecular flexibility index (Phi) is 6.14. The van der Waals surface area contributed by atoms with Crippen LogP contribution in [0.2, 0.25) is 5.02 Å². The van der Waals surface area contributed by atoms with E-state index in [1.54, 1.807) is 0 Å². The quantitative estimate of drug-likeness (QED) is 0.870. The van der Waals surface area contributed by atoms with Crippen molar-refractivity contribution in [2.24, 2.45) is 0 Å². The fourth-order valence-corrected chi connectivity index (χ4v) is 2.78. The third kappa shape index (κ3) is 4.37. The van der Waals surface area contributed by atoms with E-state index in [1.165, 1.54) is 12.8 Å². The van der Waals surface area contributed by atoms with E-state index in [0.717, 1.165) is 48.9 Å². The third-order valence-electron chi connectivity index (χ3n) is 3.79. The van der Waals surface area contributed by atoms with Crippen LogP contribution in [0.1, 0.15) is 31.7 Å². The van der Waals surface area contributed by atoms with Crippen molar-refractivity contribution < 1.29 is 4.74 Å². The van der Waals surface area contributed by atoms with Crippen molar-refractivity contribution in [1.29, 1.82) is 0 Å². The number of ether oxygens (including phenoxy) is 1. The van der Waals surface area contributed by atoms with Crippen LogP contribution in [0.5, 0.6) is 0 Å². The number of likely N-dealkylation sites (N-methyl/N-ethyl adjacent to an activating group) is 1. The SMILES string of the molecule is CCNCc1ccc(N(C)CC2CCCCO2)cc1Cl. The van der Waals surface area contributed by atoms with Gasteiger partial charge in [-0.25, -0.2) is 0 Å². The van der Waals surface area contributed by atoms with Crippen molar-refractivity contribution >= 4 is 17.3 Å². The number of anilines is 1. The van der Waals surface area contributed by atoms with Gasteiger partial charge in [-0.2, -0.15) is 0 Å². The summed E-state index contributed by atoms with van der Waals surface area (Å²) in [6.45, 7) is 5.71. The summed E-state index contributed by atoms with van der Waals surface area (Å²) in [5.41, 5.74) is 2.31. The van der Waals surface area contributed by atoms with Crippen molar-refractivity contribution in [2.45, 2.75) is 38.8 Å². The maximum absolute atomic E-state index is 6.35. The van der Waals surface area contributed by atoms with Crippen molar-refractivity contribution in [3.05, 3.63) is 28.8 Å². The fraction of sp³-hybridized carbons (Fsp3) is 0.625. The zero-order valence-corrected chi connectivity index (χ0v) is 13.2. The van der Waals surface area contributed by atoms with Gasteiger partial charge in [0, 0.05) is 37.5 Å². The first kappa shape index (κ1) is 15.6. The summed E-state index contributed by atoms with van der Waals surface area (Å²) in [6, 6.07) is 6.30. The lowest BCUT2D eigenvalue weighted by Crippen LogP contribution is -2.33. The van der Waals surface area contributed by atoms with Crippen molar-refractivity contribution in [3.63, 3.8) is 0 Å². The van der Waals surface area contributed by atoms with E-state index >= 15 is 0 Å². The lowest BCUT2D eigenvalue weighted by atomic mass is 10.1. The molecular weight excluding hydrogens is 272 g/mol. The van der Waals surface area contributed by atoms with Gasteiger partial charge in [-0.3, -0.25) is 0 Å². The number of hydrogen-bond donors (Lipinski definition) is 1. The van der Waals surface area contributed by atoms with Crippen LogP contribution in [-0.2, 0) is 11.3 Å². The molecule has 2 rings (SSSR count). The molecule has 1 heterocycles. The van der Waals surface area contributed by atoms with Crippen LogP contribution in [0, 0.1) is 0 Å². The minimum Gasteiger partial charge on any atom is -0.376 e. The van der Waals surface area contributed by atoms with E-state index in [9.17, 15) is 0 Å². The first-order valence-corrected chi connectivity index (χ1v) is 7.90. The molecule has 1 aromatic carbocycles. The molecule has 1 aromatic rings. The van der Waals surface area contributed by atoms with Crippen LogP contribution < -0.4 is 10.2 Å². The average molecular weight is 297 g/mol. The normalized spacial score (nSPS) is 19.1. The number of benzene rings is 1. The van der Waals surface area contributed by atoms with Gasteiger partial charge in [0.2, 0.25) is 0 Å². The summed E-state index contributed by atoms with van der Waals surface area (Å²) in [5, 5.41) is 4.13. The van der Waals surface area contributed by atoms with E-state index in [-0.39, 0.29) is 0 Å². The molecular formula is C16H25ClN2O. The molecule has 1 unspecified atom stereocenters. The first-order valence-electron chi connectivity index (χ1n) is 7.52. The second-order valence-corrected chi connectivity index (χ2v) is 5.83. The molecule has 0 aliphatic carbocycles. The molecule has 1 fully saturated rings. The molecule has 0 saturated carbocycles. The molecule has 1 saturated heterocycles. The Morgan fingerprint density at radius 2 is 2.25 bits per heavy atom. The van der Waals surface area contributed by atoms with Crippen LogP contribution in [0.25, 0.3) is 0 Å². The first-order chi connectivity index (χ1) is 9.70. The van der Waals surface area contributed by atoms with Gasteiger partial charge in [-0.05, 0) is 43.5 Å². The average Bonchev–Trinajstić information content (AvgIpc) is 2.47.